The molecule has 0 aliphatic heterocycles. The van der Waals surface area contributed by atoms with Crippen LogP contribution in [-0.4, -0.2) is 25.7 Å². The second-order valence-corrected chi connectivity index (χ2v) is 5.59. The van der Waals surface area contributed by atoms with Crippen LogP contribution in [0, 0.1) is 0 Å². The van der Waals surface area contributed by atoms with Gasteiger partial charge >= 0.3 is 0 Å². The van der Waals surface area contributed by atoms with Gasteiger partial charge in [0.15, 0.2) is 0 Å². The van der Waals surface area contributed by atoms with E-state index in [0.29, 0.717) is 13.0 Å². The molecule has 1 aromatic rings. The molecule has 5 heteroatoms. The highest BCUT2D eigenvalue weighted by molar-refractivity contribution is 7.89. The molecule has 0 spiro atoms. The van der Waals surface area contributed by atoms with Crippen molar-refractivity contribution in [2.75, 3.05) is 12.3 Å². The minimum absolute atomic E-state index is 0.0529. The topological polar surface area (TPSA) is 59.1 Å². The van der Waals surface area contributed by atoms with Gasteiger partial charge in [-0.1, -0.05) is 18.2 Å². The summed E-state index contributed by atoms with van der Waals surface area (Å²) in [7, 11) is -3.23. The minimum atomic E-state index is -3.23. The third-order valence-corrected chi connectivity index (χ3v) is 3.27. The summed E-state index contributed by atoms with van der Waals surface area (Å²) in [5.74, 6) is 0.0529. The fourth-order valence-electron chi connectivity index (χ4n) is 1.09. The summed E-state index contributed by atoms with van der Waals surface area (Å²) in [6.45, 7) is 5.71. The molecule has 0 fully saturated rings. The van der Waals surface area contributed by atoms with E-state index in [4.69, 9.17) is 0 Å². The van der Waals surface area contributed by atoms with E-state index in [1.807, 2.05) is 12.1 Å². The molecule has 0 amide bonds. The third-order valence-electron chi connectivity index (χ3n) is 1.95. The molecule has 4 nitrogen and oxygen atoms in total. The van der Waals surface area contributed by atoms with Gasteiger partial charge in [-0.25, -0.2) is 13.1 Å². The zero-order chi connectivity index (χ0) is 12.0. The molecule has 0 aliphatic rings. The number of hydrogen-bond acceptors (Lipinski definition) is 3. The zero-order valence-electron chi connectivity index (χ0n) is 9.31. The van der Waals surface area contributed by atoms with Crippen LogP contribution in [0.25, 0.3) is 0 Å². The first kappa shape index (κ1) is 12.9. The molecule has 16 heavy (non-hydrogen) atoms. The Morgan fingerprint density at radius 1 is 1.50 bits per heavy atom. The van der Waals surface area contributed by atoms with Crippen LogP contribution in [-0.2, 0) is 16.4 Å². The number of pyridine rings is 1. The lowest BCUT2D eigenvalue weighted by molar-refractivity contribution is 0.583. The normalized spacial score (nSPS) is 11.3. The van der Waals surface area contributed by atoms with Crippen molar-refractivity contribution in [3.05, 3.63) is 42.2 Å². The Kier molecular flexibility index (Phi) is 4.64. The van der Waals surface area contributed by atoms with Gasteiger partial charge in [-0.05, 0) is 19.1 Å². The number of aryl methyl sites for hydroxylation is 1. The lowest BCUT2D eigenvalue weighted by Gasteiger charge is -2.05. The summed E-state index contributed by atoms with van der Waals surface area (Å²) in [5.41, 5.74) is 1.57. The van der Waals surface area contributed by atoms with Gasteiger partial charge in [0.1, 0.15) is 0 Å². The Hall–Kier alpha value is -1.20. The number of nitrogens with one attached hydrogen (secondary N) is 1. The van der Waals surface area contributed by atoms with Crippen molar-refractivity contribution in [1.82, 2.24) is 9.71 Å². The fourth-order valence-corrected chi connectivity index (χ4v) is 2.18. The average molecular weight is 240 g/mol. The summed E-state index contributed by atoms with van der Waals surface area (Å²) in [6.07, 6.45) is 2.08. The molecule has 0 bridgehead atoms. The summed E-state index contributed by atoms with van der Waals surface area (Å²) in [6, 6.07) is 5.46. The molecule has 0 saturated heterocycles. The molecule has 88 valence electrons. The van der Waals surface area contributed by atoms with Crippen LogP contribution in [0.3, 0.4) is 0 Å². The molecular weight excluding hydrogens is 224 g/mol. The van der Waals surface area contributed by atoms with Gasteiger partial charge in [0, 0.05) is 24.9 Å². The largest absolute Gasteiger partial charge is 0.261 e. The van der Waals surface area contributed by atoms with Gasteiger partial charge in [-0.2, -0.15) is 0 Å². The number of aromatic nitrogens is 1. The number of sulfonamides is 1. The molecule has 0 radical (unpaired) electrons. The maximum Gasteiger partial charge on any atom is 0.212 e. The maximum absolute atomic E-state index is 11.5. The quantitative estimate of drug-likeness (QED) is 0.758. The van der Waals surface area contributed by atoms with Crippen molar-refractivity contribution >= 4 is 10.0 Å². The van der Waals surface area contributed by atoms with Crippen LogP contribution in [0.1, 0.15) is 12.6 Å². The molecule has 0 saturated carbocycles. The predicted molar refractivity (Wildman–Crippen MR) is 64.5 cm³/mol. The molecule has 1 heterocycles. The standard InChI is InChI=1S/C11H16N2O2S/c1-10(2)9-13-16(14,15)8-6-11-5-3-4-7-12-11/h3-5,7,13H,1,6,8-9H2,2H3. The summed E-state index contributed by atoms with van der Waals surface area (Å²) in [4.78, 5) is 4.07. The van der Waals surface area contributed by atoms with Crippen molar-refractivity contribution in [3.8, 4) is 0 Å². The average Bonchev–Trinajstić information content (AvgIpc) is 2.26. The Morgan fingerprint density at radius 2 is 2.25 bits per heavy atom. The Morgan fingerprint density at radius 3 is 2.81 bits per heavy atom. The van der Waals surface area contributed by atoms with Gasteiger partial charge in [0.2, 0.25) is 10.0 Å². The van der Waals surface area contributed by atoms with Gasteiger partial charge in [0.25, 0.3) is 0 Å². The summed E-state index contributed by atoms with van der Waals surface area (Å²) >= 11 is 0. The van der Waals surface area contributed by atoms with Crippen LogP contribution in [0.15, 0.2) is 36.5 Å². The predicted octanol–water partition coefficient (Wildman–Crippen LogP) is 1.12. The van der Waals surface area contributed by atoms with Crippen LogP contribution >= 0.6 is 0 Å². The minimum Gasteiger partial charge on any atom is -0.261 e. The van der Waals surface area contributed by atoms with Gasteiger partial charge in [-0.3, -0.25) is 4.98 Å². The van der Waals surface area contributed by atoms with Crippen LogP contribution in [0.5, 0.6) is 0 Å². The second kappa shape index (κ2) is 5.77. The van der Waals surface area contributed by atoms with Crippen molar-refractivity contribution in [2.45, 2.75) is 13.3 Å². The lowest BCUT2D eigenvalue weighted by atomic mass is 10.3. The first-order valence-electron chi connectivity index (χ1n) is 5.01. The third kappa shape index (κ3) is 5.04. The number of nitrogens with zero attached hydrogens (tertiary/aromatic N) is 1. The Balaban J connectivity index is 2.45. The van der Waals surface area contributed by atoms with E-state index in [-0.39, 0.29) is 5.75 Å². The second-order valence-electron chi connectivity index (χ2n) is 3.67. The lowest BCUT2D eigenvalue weighted by Crippen LogP contribution is -2.28. The van der Waals surface area contributed by atoms with E-state index in [1.54, 1.807) is 19.2 Å². The van der Waals surface area contributed by atoms with Gasteiger partial charge < -0.3 is 0 Å². The molecule has 0 atom stereocenters. The SMILES string of the molecule is C=C(C)CNS(=O)(=O)CCc1ccccn1. The number of hydrogen-bond donors (Lipinski definition) is 1. The highest BCUT2D eigenvalue weighted by Crippen LogP contribution is 1.98. The van der Waals surface area contributed by atoms with E-state index >= 15 is 0 Å². The molecule has 0 aliphatic carbocycles. The maximum atomic E-state index is 11.5. The van der Waals surface area contributed by atoms with Crippen LogP contribution in [0.2, 0.25) is 0 Å². The van der Waals surface area contributed by atoms with Gasteiger partial charge in [-0.15, -0.1) is 0 Å². The first-order chi connectivity index (χ1) is 7.49. The van der Waals surface area contributed by atoms with E-state index < -0.39 is 10.0 Å². The number of rotatable bonds is 6. The van der Waals surface area contributed by atoms with E-state index in [1.165, 1.54) is 0 Å². The summed E-state index contributed by atoms with van der Waals surface area (Å²) in [5, 5.41) is 0. The highest BCUT2D eigenvalue weighted by atomic mass is 32.2. The monoisotopic (exact) mass is 240 g/mol. The Labute approximate surface area is 96.5 Å². The van der Waals surface area contributed by atoms with Gasteiger partial charge in [0.05, 0.1) is 5.75 Å². The van der Waals surface area contributed by atoms with E-state index in [2.05, 4.69) is 16.3 Å². The van der Waals surface area contributed by atoms with Crippen molar-refractivity contribution in [3.63, 3.8) is 0 Å². The molecule has 1 N–H and O–H groups in total. The first-order valence-corrected chi connectivity index (χ1v) is 6.66. The Bertz CT molecular complexity index is 440. The molecule has 0 aromatic carbocycles. The smallest absolute Gasteiger partial charge is 0.212 e. The van der Waals surface area contributed by atoms with Crippen LogP contribution < -0.4 is 4.72 Å². The van der Waals surface area contributed by atoms with E-state index in [0.717, 1.165) is 11.3 Å². The molecule has 0 unspecified atom stereocenters. The van der Waals surface area contributed by atoms with Crippen molar-refractivity contribution in [2.24, 2.45) is 0 Å². The van der Waals surface area contributed by atoms with E-state index in [9.17, 15) is 8.42 Å². The molecular formula is C11H16N2O2S. The zero-order valence-corrected chi connectivity index (χ0v) is 10.1. The van der Waals surface area contributed by atoms with Crippen molar-refractivity contribution < 1.29 is 8.42 Å². The van der Waals surface area contributed by atoms with Crippen LogP contribution in [0.4, 0.5) is 0 Å². The summed E-state index contributed by atoms with van der Waals surface area (Å²) < 4.78 is 25.5. The van der Waals surface area contributed by atoms with Crippen molar-refractivity contribution in [1.29, 1.82) is 0 Å². The molecule has 1 aromatic heterocycles. The highest BCUT2D eigenvalue weighted by Gasteiger charge is 2.09. The fraction of sp³-hybridized carbons (Fsp3) is 0.364. The molecule has 1 rings (SSSR count).